The van der Waals surface area contributed by atoms with E-state index in [4.69, 9.17) is 16.3 Å². The molecule has 0 fully saturated rings. The van der Waals surface area contributed by atoms with E-state index in [-0.39, 0.29) is 17.8 Å². The molecule has 0 radical (unpaired) electrons. The van der Waals surface area contributed by atoms with Crippen molar-refractivity contribution in [1.82, 2.24) is 10.0 Å². The number of aryl methyl sites for hydroxylation is 2. The number of hydrazine groups is 1. The van der Waals surface area contributed by atoms with Gasteiger partial charge < -0.3 is 4.74 Å². The average Bonchev–Trinajstić information content (AvgIpc) is 2.63. The van der Waals surface area contributed by atoms with Gasteiger partial charge in [0, 0.05) is 16.7 Å². The van der Waals surface area contributed by atoms with Crippen LogP contribution in [-0.4, -0.2) is 40.5 Å². The standard InChI is InChI=1S/C23H29ClN2O3/c1-15-11-16(2)13-18(12-15)21(27)26(23(4,5)6)25(14-24)22(28)19-9-8-10-20(29-7)17(19)3/h8-13H,14H2,1-7H3. The number of ether oxygens (including phenoxy) is 1. The van der Waals surface area contributed by atoms with E-state index in [2.05, 4.69) is 0 Å². The highest BCUT2D eigenvalue weighted by molar-refractivity contribution is 6.19. The predicted molar refractivity (Wildman–Crippen MR) is 116 cm³/mol. The molecule has 2 aromatic carbocycles. The monoisotopic (exact) mass is 416 g/mol. The number of benzene rings is 2. The highest BCUT2D eigenvalue weighted by Crippen LogP contribution is 2.27. The van der Waals surface area contributed by atoms with Gasteiger partial charge in [-0.2, -0.15) is 0 Å². The molecule has 0 aliphatic carbocycles. The van der Waals surface area contributed by atoms with Gasteiger partial charge in [0.2, 0.25) is 0 Å². The summed E-state index contributed by atoms with van der Waals surface area (Å²) >= 11 is 6.21. The van der Waals surface area contributed by atoms with Crippen LogP contribution in [0.25, 0.3) is 0 Å². The molecule has 0 bridgehead atoms. The lowest BCUT2D eigenvalue weighted by Gasteiger charge is -2.42. The zero-order chi connectivity index (χ0) is 21.9. The number of hydrogen-bond donors (Lipinski definition) is 0. The summed E-state index contributed by atoms with van der Waals surface area (Å²) < 4.78 is 5.34. The molecule has 2 rings (SSSR count). The van der Waals surface area contributed by atoms with E-state index in [9.17, 15) is 9.59 Å². The van der Waals surface area contributed by atoms with Gasteiger partial charge in [-0.25, -0.2) is 10.0 Å². The van der Waals surface area contributed by atoms with Crippen LogP contribution in [0.5, 0.6) is 5.75 Å². The summed E-state index contributed by atoms with van der Waals surface area (Å²) in [5.74, 6) is -0.0313. The minimum atomic E-state index is -0.675. The topological polar surface area (TPSA) is 49.9 Å². The fraction of sp³-hybridized carbons (Fsp3) is 0.391. The second-order valence-electron chi connectivity index (χ2n) is 8.12. The molecule has 0 saturated carbocycles. The number of carbonyl (C=O) groups excluding carboxylic acids is 2. The van der Waals surface area contributed by atoms with Gasteiger partial charge in [-0.05, 0) is 65.8 Å². The molecule has 0 heterocycles. The Kier molecular flexibility index (Phi) is 6.96. The van der Waals surface area contributed by atoms with Crippen LogP contribution in [0.4, 0.5) is 0 Å². The van der Waals surface area contributed by atoms with Crippen molar-refractivity contribution >= 4 is 23.4 Å². The Morgan fingerprint density at radius 1 is 1.00 bits per heavy atom. The molecule has 0 N–H and O–H groups in total. The molecule has 6 heteroatoms. The van der Waals surface area contributed by atoms with Crippen molar-refractivity contribution in [3.8, 4) is 5.75 Å². The summed E-state index contributed by atoms with van der Waals surface area (Å²) in [7, 11) is 1.56. The van der Waals surface area contributed by atoms with E-state index in [1.165, 1.54) is 10.0 Å². The van der Waals surface area contributed by atoms with Crippen molar-refractivity contribution in [2.75, 3.05) is 13.1 Å². The zero-order valence-corrected chi connectivity index (χ0v) is 18.9. The molecule has 0 unspecified atom stereocenters. The Balaban J connectivity index is 2.55. The quantitative estimate of drug-likeness (QED) is 0.395. The third-order valence-electron chi connectivity index (χ3n) is 4.62. The lowest BCUT2D eigenvalue weighted by molar-refractivity contribution is -0.0348. The molecule has 0 aliphatic heterocycles. The van der Waals surface area contributed by atoms with Crippen LogP contribution < -0.4 is 4.74 Å². The van der Waals surface area contributed by atoms with Crippen LogP contribution in [0, 0.1) is 20.8 Å². The molecular weight excluding hydrogens is 388 g/mol. The van der Waals surface area contributed by atoms with E-state index < -0.39 is 5.54 Å². The SMILES string of the molecule is COc1cccc(C(=O)N(CCl)N(C(=O)c2cc(C)cc(C)c2)C(C)(C)C)c1C. The number of carbonyl (C=O) groups is 2. The van der Waals surface area contributed by atoms with Crippen LogP contribution in [0.15, 0.2) is 36.4 Å². The summed E-state index contributed by atoms with van der Waals surface area (Å²) in [6, 6.07) is 10.7. The van der Waals surface area contributed by atoms with Gasteiger partial charge in [-0.1, -0.05) is 23.3 Å². The Bertz CT molecular complexity index is 899. The first-order chi connectivity index (χ1) is 13.5. The lowest BCUT2D eigenvalue weighted by atomic mass is 10.0. The summed E-state index contributed by atoms with van der Waals surface area (Å²) in [6.07, 6.45) is 0. The van der Waals surface area contributed by atoms with Gasteiger partial charge in [0.05, 0.1) is 12.6 Å². The maximum absolute atomic E-state index is 13.5. The van der Waals surface area contributed by atoms with Crippen LogP contribution in [0.2, 0.25) is 0 Å². The zero-order valence-electron chi connectivity index (χ0n) is 18.2. The number of hydrogen-bond acceptors (Lipinski definition) is 3. The number of alkyl halides is 1. The number of amides is 2. The third-order valence-corrected chi connectivity index (χ3v) is 4.85. The maximum Gasteiger partial charge on any atom is 0.274 e. The predicted octanol–water partition coefficient (Wildman–Crippen LogP) is 5.11. The number of rotatable bonds is 4. The summed E-state index contributed by atoms with van der Waals surface area (Å²) in [6.45, 7) is 11.3. The van der Waals surface area contributed by atoms with Crippen molar-refractivity contribution < 1.29 is 14.3 Å². The highest BCUT2D eigenvalue weighted by Gasteiger charge is 2.36. The summed E-state index contributed by atoms with van der Waals surface area (Å²) in [5, 5.41) is 2.73. The second kappa shape index (κ2) is 8.87. The highest BCUT2D eigenvalue weighted by atomic mass is 35.5. The van der Waals surface area contributed by atoms with E-state index in [1.54, 1.807) is 25.3 Å². The third kappa shape index (κ3) is 4.91. The van der Waals surface area contributed by atoms with Gasteiger partial charge >= 0.3 is 0 Å². The Morgan fingerprint density at radius 3 is 2.07 bits per heavy atom. The average molecular weight is 417 g/mol. The number of halogens is 1. The fourth-order valence-corrected chi connectivity index (χ4v) is 3.62. The summed E-state index contributed by atoms with van der Waals surface area (Å²) in [5.41, 5.74) is 2.94. The fourth-order valence-electron chi connectivity index (χ4n) is 3.40. The molecular formula is C23H29ClN2O3. The molecule has 156 valence electrons. The van der Waals surface area contributed by atoms with Crippen molar-refractivity contribution in [3.63, 3.8) is 0 Å². The van der Waals surface area contributed by atoms with Gasteiger partial charge in [0.15, 0.2) is 0 Å². The minimum Gasteiger partial charge on any atom is -0.496 e. The number of nitrogens with zero attached hydrogens (tertiary/aromatic N) is 2. The molecule has 0 aliphatic rings. The normalized spacial score (nSPS) is 11.2. The first-order valence-electron chi connectivity index (χ1n) is 9.45. The van der Waals surface area contributed by atoms with Crippen molar-refractivity contribution in [3.05, 3.63) is 64.2 Å². The Hall–Kier alpha value is -2.53. The van der Waals surface area contributed by atoms with Crippen LogP contribution >= 0.6 is 11.6 Å². The molecule has 5 nitrogen and oxygen atoms in total. The van der Waals surface area contributed by atoms with E-state index in [0.29, 0.717) is 22.4 Å². The van der Waals surface area contributed by atoms with E-state index >= 15 is 0 Å². The van der Waals surface area contributed by atoms with Gasteiger partial charge in [0.25, 0.3) is 11.8 Å². The smallest absolute Gasteiger partial charge is 0.274 e. The lowest BCUT2D eigenvalue weighted by Crippen LogP contribution is -2.57. The minimum absolute atomic E-state index is 0.163. The molecule has 29 heavy (non-hydrogen) atoms. The van der Waals surface area contributed by atoms with Gasteiger partial charge in [0.1, 0.15) is 11.8 Å². The van der Waals surface area contributed by atoms with Gasteiger partial charge in [-0.15, -0.1) is 11.6 Å². The summed E-state index contributed by atoms with van der Waals surface area (Å²) in [4.78, 5) is 26.9. The van der Waals surface area contributed by atoms with Gasteiger partial charge in [-0.3, -0.25) is 9.59 Å². The first kappa shape index (κ1) is 22.8. The molecule has 0 saturated heterocycles. The van der Waals surface area contributed by atoms with Crippen LogP contribution in [0.1, 0.15) is 58.2 Å². The molecule has 0 atom stereocenters. The van der Waals surface area contributed by atoms with Crippen molar-refractivity contribution in [2.24, 2.45) is 0 Å². The second-order valence-corrected chi connectivity index (χ2v) is 8.36. The van der Waals surface area contributed by atoms with Crippen molar-refractivity contribution in [2.45, 2.75) is 47.1 Å². The first-order valence-corrected chi connectivity index (χ1v) is 9.99. The largest absolute Gasteiger partial charge is 0.496 e. The molecule has 2 amide bonds. The molecule has 0 spiro atoms. The molecule has 2 aromatic rings. The molecule has 0 aromatic heterocycles. The Morgan fingerprint density at radius 2 is 1.59 bits per heavy atom. The Labute approximate surface area is 178 Å². The van der Waals surface area contributed by atoms with Crippen LogP contribution in [0.3, 0.4) is 0 Å². The van der Waals surface area contributed by atoms with Crippen molar-refractivity contribution in [1.29, 1.82) is 0 Å². The van der Waals surface area contributed by atoms with Crippen LogP contribution in [-0.2, 0) is 0 Å². The van der Waals surface area contributed by atoms with E-state index in [0.717, 1.165) is 11.1 Å². The maximum atomic E-state index is 13.5. The van der Waals surface area contributed by atoms with E-state index in [1.807, 2.05) is 59.7 Å². The number of methoxy groups -OCH3 is 1.